The minimum absolute atomic E-state index is 0.00573. The fourth-order valence-corrected chi connectivity index (χ4v) is 4.41. The quantitative estimate of drug-likeness (QED) is 0.345. The average Bonchev–Trinajstić information content (AvgIpc) is 3.35. The molecule has 11 nitrogen and oxygen atoms in total. The Kier molecular flexibility index (Phi) is 7.04. The molecule has 0 aliphatic heterocycles. The lowest BCUT2D eigenvalue weighted by Crippen LogP contribution is -2.31. The zero-order chi connectivity index (χ0) is 25.1. The first-order valence-corrected chi connectivity index (χ1v) is 12.0. The van der Waals surface area contributed by atoms with Crippen molar-refractivity contribution in [3.05, 3.63) is 61.4 Å². The summed E-state index contributed by atoms with van der Waals surface area (Å²) >= 11 is 0. The third-order valence-corrected chi connectivity index (χ3v) is 6.16. The molecule has 0 spiro atoms. The second-order valence-corrected chi connectivity index (χ2v) is 8.29. The van der Waals surface area contributed by atoms with Crippen molar-refractivity contribution in [3.8, 4) is 0 Å². The summed E-state index contributed by atoms with van der Waals surface area (Å²) < 4.78 is 11.8. The van der Waals surface area contributed by atoms with Gasteiger partial charge in [0.1, 0.15) is 12.4 Å². The summed E-state index contributed by atoms with van der Waals surface area (Å²) in [5, 5.41) is 0. The predicted molar refractivity (Wildman–Crippen MR) is 131 cm³/mol. The van der Waals surface area contributed by atoms with Crippen LogP contribution in [-0.4, -0.2) is 34.2 Å². The number of ether oxygens (including phenoxy) is 1. The van der Waals surface area contributed by atoms with E-state index in [1.165, 1.54) is 4.57 Å². The Labute approximate surface area is 200 Å². The van der Waals surface area contributed by atoms with Gasteiger partial charge in [-0.2, -0.15) is 0 Å². The van der Waals surface area contributed by atoms with Gasteiger partial charge in [-0.1, -0.05) is 25.5 Å². The van der Waals surface area contributed by atoms with Crippen molar-refractivity contribution in [1.82, 2.24) is 28.2 Å². The topological polar surface area (TPSA) is 126 Å². The van der Waals surface area contributed by atoms with Crippen molar-refractivity contribution < 1.29 is 9.53 Å². The van der Waals surface area contributed by atoms with E-state index in [9.17, 15) is 19.2 Å². The van der Waals surface area contributed by atoms with Crippen LogP contribution in [0.1, 0.15) is 45.9 Å². The number of fused-ring (bicyclic) bond motifs is 2. The standard InChI is InChI=1S/C24H30N6O5/c1-4-7-13-30-21-20(22(32)26-23(30)33)28(6-3)18(25-21)15-35-19(31)12-14-29-17-11-9-8-10-16(17)27(5-2)24(29)34/h8-11H,4-7,12-15H2,1-3H3,(H,26,32,33). The number of esters is 1. The second-order valence-electron chi connectivity index (χ2n) is 8.29. The lowest BCUT2D eigenvalue weighted by Gasteiger charge is -2.08. The Morgan fingerprint density at radius 3 is 2.29 bits per heavy atom. The Bertz CT molecular complexity index is 1550. The normalized spacial score (nSPS) is 11.5. The summed E-state index contributed by atoms with van der Waals surface area (Å²) in [6.45, 7) is 7.19. The van der Waals surface area contributed by atoms with Gasteiger partial charge in [-0.05, 0) is 32.4 Å². The van der Waals surface area contributed by atoms with Crippen molar-refractivity contribution in [2.24, 2.45) is 0 Å². The third kappa shape index (κ3) is 4.45. The highest BCUT2D eigenvalue weighted by Crippen LogP contribution is 2.15. The van der Waals surface area contributed by atoms with Gasteiger partial charge in [-0.15, -0.1) is 0 Å². The van der Waals surface area contributed by atoms with E-state index in [1.807, 2.05) is 45.0 Å². The Morgan fingerprint density at radius 2 is 1.63 bits per heavy atom. The number of imidazole rings is 2. The van der Waals surface area contributed by atoms with Gasteiger partial charge >= 0.3 is 17.3 Å². The van der Waals surface area contributed by atoms with E-state index in [-0.39, 0.29) is 30.8 Å². The molecule has 1 N–H and O–H groups in total. The molecule has 11 heteroatoms. The van der Waals surface area contributed by atoms with Gasteiger partial charge in [0.15, 0.2) is 11.2 Å². The van der Waals surface area contributed by atoms with Gasteiger partial charge < -0.3 is 9.30 Å². The molecule has 0 saturated carbocycles. The number of carbonyl (C=O) groups is 1. The van der Waals surface area contributed by atoms with Gasteiger partial charge in [0, 0.05) is 26.2 Å². The van der Waals surface area contributed by atoms with Crippen molar-refractivity contribution in [2.45, 2.75) is 72.8 Å². The highest BCUT2D eigenvalue weighted by Gasteiger charge is 2.19. The fourth-order valence-electron chi connectivity index (χ4n) is 4.41. The first kappa shape index (κ1) is 24.2. The monoisotopic (exact) mass is 482 g/mol. The van der Waals surface area contributed by atoms with Crippen molar-refractivity contribution in [1.29, 1.82) is 0 Å². The maximum absolute atomic E-state index is 12.8. The van der Waals surface area contributed by atoms with Gasteiger partial charge in [0.25, 0.3) is 5.56 Å². The molecule has 0 unspecified atom stereocenters. The number of hydrogen-bond donors (Lipinski definition) is 1. The van der Waals surface area contributed by atoms with E-state index in [0.29, 0.717) is 31.1 Å². The summed E-state index contributed by atoms with van der Waals surface area (Å²) in [5.74, 6) is -0.103. The second kappa shape index (κ2) is 10.2. The average molecular weight is 483 g/mol. The minimum atomic E-state index is -0.517. The molecule has 0 atom stereocenters. The van der Waals surface area contributed by atoms with Crippen LogP contribution in [0, 0.1) is 0 Å². The smallest absolute Gasteiger partial charge is 0.330 e. The Balaban J connectivity index is 1.54. The Morgan fingerprint density at radius 1 is 0.943 bits per heavy atom. The molecule has 0 aliphatic rings. The number of aryl methyl sites for hydroxylation is 4. The van der Waals surface area contributed by atoms with Crippen molar-refractivity contribution in [2.75, 3.05) is 0 Å². The van der Waals surface area contributed by atoms with Crippen molar-refractivity contribution >= 4 is 28.2 Å². The van der Waals surface area contributed by atoms with Crippen LogP contribution in [0.2, 0.25) is 0 Å². The van der Waals surface area contributed by atoms with Gasteiger partial charge in [-0.25, -0.2) is 14.6 Å². The highest BCUT2D eigenvalue weighted by molar-refractivity contribution is 5.76. The van der Waals surface area contributed by atoms with E-state index < -0.39 is 17.2 Å². The molecule has 0 amide bonds. The molecule has 1 aromatic carbocycles. The number of rotatable bonds is 10. The number of hydrogen-bond acceptors (Lipinski definition) is 6. The van der Waals surface area contributed by atoms with Crippen LogP contribution in [0.5, 0.6) is 0 Å². The van der Waals surface area contributed by atoms with E-state index in [0.717, 1.165) is 23.9 Å². The van der Waals surface area contributed by atoms with Gasteiger partial charge in [0.2, 0.25) is 0 Å². The first-order valence-electron chi connectivity index (χ1n) is 12.0. The number of H-pyrrole nitrogens is 1. The molecule has 0 bridgehead atoms. The summed E-state index contributed by atoms with van der Waals surface area (Å²) in [6.07, 6.45) is 1.65. The van der Waals surface area contributed by atoms with Gasteiger partial charge in [0.05, 0.1) is 17.5 Å². The van der Waals surface area contributed by atoms with Crippen LogP contribution in [-0.2, 0) is 42.3 Å². The summed E-state index contributed by atoms with van der Waals surface area (Å²) in [6, 6.07) is 7.46. The molecule has 0 saturated heterocycles. The Hall–Kier alpha value is -3.89. The number of nitrogens with one attached hydrogen (secondary N) is 1. The van der Waals surface area contributed by atoms with Crippen LogP contribution < -0.4 is 16.9 Å². The van der Waals surface area contributed by atoms with Gasteiger partial charge in [-0.3, -0.25) is 28.3 Å². The largest absolute Gasteiger partial charge is 0.457 e. The molecule has 4 aromatic rings. The number of para-hydroxylation sites is 2. The molecule has 3 aromatic heterocycles. The summed E-state index contributed by atoms with van der Waals surface area (Å²) in [7, 11) is 0. The predicted octanol–water partition coefficient (Wildman–Crippen LogP) is 1.98. The number of benzene rings is 1. The zero-order valence-corrected chi connectivity index (χ0v) is 20.2. The van der Waals surface area contributed by atoms with Crippen LogP contribution in [0.3, 0.4) is 0 Å². The SMILES string of the molecule is CCCCn1c(=O)[nH]c(=O)c2c1nc(COC(=O)CCn1c(=O)n(CC)c3ccccc31)n2CC. The first-order chi connectivity index (χ1) is 16.9. The van der Waals surface area contributed by atoms with Crippen LogP contribution >= 0.6 is 0 Å². The fraction of sp³-hybridized carbons (Fsp3) is 0.458. The molecular formula is C24H30N6O5. The van der Waals surface area contributed by atoms with Crippen LogP contribution in [0.25, 0.3) is 22.2 Å². The number of nitrogens with zero attached hydrogens (tertiary/aromatic N) is 5. The molecule has 4 rings (SSSR count). The molecule has 3 heterocycles. The van der Waals surface area contributed by atoms with Crippen LogP contribution in [0.15, 0.2) is 38.6 Å². The van der Waals surface area contributed by atoms with E-state index in [4.69, 9.17) is 4.74 Å². The zero-order valence-electron chi connectivity index (χ0n) is 20.2. The summed E-state index contributed by atoms with van der Waals surface area (Å²) in [4.78, 5) is 57.0. The number of carbonyl (C=O) groups excluding carboxylic acids is 1. The molecule has 0 fully saturated rings. The molecule has 0 radical (unpaired) electrons. The van der Waals surface area contributed by atoms with E-state index >= 15 is 0 Å². The third-order valence-electron chi connectivity index (χ3n) is 6.16. The number of aromatic amines is 1. The maximum atomic E-state index is 12.8. The molecular weight excluding hydrogens is 452 g/mol. The minimum Gasteiger partial charge on any atom is -0.457 e. The number of aromatic nitrogens is 6. The van der Waals surface area contributed by atoms with Crippen molar-refractivity contribution in [3.63, 3.8) is 0 Å². The maximum Gasteiger partial charge on any atom is 0.330 e. The highest BCUT2D eigenvalue weighted by atomic mass is 16.5. The summed E-state index contributed by atoms with van der Waals surface area (Å²) in [5.41, 5.74) is 0.979. The van der Waals surface area contributed by atoms with E-state index in [2.05, 4.69) is 9.97 Å². The molecule has 0 aliphatic carbocycles. The lowest BCUT2D eigenvalue weighted by atomic mass is 10.3. The number of unbranched alkanes of at least 4 members (excludes halogenated alkanes) is 1. The molecule has 35 heavy (non-hydrogen) atoms. The lowest BCUT2D eigenvalue weighted by molar-refractivity contribution is -0.145. The molecule has 186 valence electrons. The van der Waals surface area contributed by atoms with Crippen LogP contribution in [0.4, 0.5) is 0 Å². The van der Waals surface area contributed by atoms with E-state index in [1.54, 1.807) is 13.7 Å².